The van der Waals surface area contributed by atoms with Crippen molar-refractivity contribution in [2.45, 2.75) is 11.8 Å². The predicted molar refractivity (Wildman–Crippen MR) is 101 cm³/mol. The number of carbonyl (C=O) groups is 1. The van der Waals surface area contributed by atoms with Crippen molar-refractivity contribution in [3.05, 3.63) is 104 Å². The van der Waals surface area contributed by atoms with E-state index in [0.717, 1.165) is 15.6 Å². The Labute approximate surface area is 158 Å². The van der Waals surface area contributed by atoms with Gasteiger partial charge in [0, 0.05) is 9.40 Å². The fourth-order valence-electron chi connectivity index (χ4n) is 3.16. The van der Waals surface area contributed by atoms with Gasteiger partial charge >= 0.3 is 0 Å². The van der Waals surface area contributed by atoms with Crippen molar-refractivity contribution in [2.75, 3.05) is 6.54 Å². The topological polar surface area (TPSA) is 73.3 Å². The normalized spacial score (nSPS) is 13.1. The molecule has 26 heavy (non-hydrogen) atoms. The van der Waals surface area contributed by atoms with Gasteiger partial charge in [0.2, 0.25) is 6.54 Å². The summed E-state index contributed by atoms with van der Waals surface area (Å²) in [6.45, 7) is -0.257. The third kappa shape index (κ3) is 3.91. The van der Waals surface area contributed by atoms with Crippen LogP contribution in [0.4, 0.5) is 0 Å². The zero-order valence-corrected chi connectivity index (χ0v) is 15.3. The molecule has 0 N–H and O–H groups in total. The van der Waals surface area contributed by atoms with Crippen molar-refractivity contribution in [3.63, 3.8) is 0 Å². The highest BCUT2D eigenvalue weighted by atomic mass is 79.9. The van der Waals surface area contributed by atoms with Gasteiger partial charge in [0.15, 0.2) is 12.0 Å². The molecular formula is C20H16BrNO4. The molecule has 3 aromatic rings. The molecule has 0 amide bonds. The fraction of sp³-hybridized carbons (Fsp3) is 0.150. The van der Waals surface area contributed by atoms with Crippen molar-refractivity contribution in [3.8, 4) is 0 Å². The van der Waals surface area contributed by atoms with E-state index in [4.69, 9.17) is 4.42 Å². The van der Waals surface area contributed by atoms with E-state index >= 15 is 0 Å². The lowest BCUT2D eigenvalue weighted by Crippen LogP contribution is -2.21. The molecule has 6 heteroatoms. The first-order valence-electron chi connectivity index (χ1n) is 8.06. The van der Waals surface area contributed by atoms with Crippen LogP contribution in [0, 0.1) is 10.1 Å². The van der Waals surface area contributed by atoms with Crippen LogP contribution in [0.1, 0.15) is 39.3 Å². The number of halogens is 1. The molecular weight excluding hydrogens is 398 g/mol. The smallest absolute Gasteiger partial charge is 0.211 e. The van der Waals surface area contributed by atoms with Crippen LogP contribution in [0.3, 0.4) is 0 Å². The first-order chi connectivity index (χ1) is 12.6. The summed E-state index contributed by atoms with van der Waals surface area (Å²) in [6, 6.07) is 20.2. The molecule has 0 aliphatic carbocycles. The number of rotatable bonds is 7. The zero-order valence-electron chi connectivity index (χ0n) is 13.7. The second-order valence-corrected chi connectivity index (χ2v) is 6.74. The average molecular weight is 414 g/mol. The predicted octanol–water partition coefficient (Wildman–Crippen LogP) is 5.05. The van der Waals surface area contributed by atoms with Crippen LogP contribution in [0.2, 0.25) is 0 Å². The maximum atomic E-state index is 11.4. The van der Waals surface area contributed by atoms with Crippen molar-refractivity contribution in [1.82, 2.24) is 0 Å². The number of carbonyl (C=O) groups excluding carboxylic acids is 1. The lowest BCUT2D eigenvalue weighted by molar-refractivity contribution is -0.483. The number of benzene rings is 2. The molecule has 0 aliphatic heterocycles. The largest absolute Gasteiger partial charge is 0.458 e. The van der Waals surface area contributed by atoms with E-state index in [1.165, 1.54) is 0 Å². The Morgan fingerprint density at radius 3 is 2.35 bits per heavy atom. The Balaban J connectivity index is 2.17. The monoisotopic (exact) mass is 413 g/mol. The minimum Gasteiger partial charge on any atom is -0.458 e. The van der Waals surface area contributed by atoms with Gasteiger partial charge in [-0.3, -0.25) is 14.9 Å². The Hall–Kier alpha value is -2.73. The maximum absolute atomic E-state index is 11.4. The van der Waals surface area contributed by atoms with E-state index < -0.39 is 11.8 Å². The molecule has 2 atom stereocenters. The summed E-state index contributed by atoms with van der Waals surface area (Å²) in [7, 11) is 0. The summed E-state index contributed by atoms with van der Waals surface area (Å²) in [5.74, 6) is -0.137. The minimum atomic E-state index is -0.449. The van der Waals surface area contributed by atoms with Crippen molar-refractivity contribution < 1.29 is 14.1 Å². The van der Waals surface area contributed by atoms with Crippen LogP contribution in [0.5, 0.6) is 0 Å². The average Bonchev–Trinajstić information content (AvgIpc) is 3.12. The summed E-state index contributed by atoms with van der Waals surface area (Å²) in [4.78, 5) is 22.1. The Bertz CT molecular complexity index is 907. The van der Waals surface area contributed by atoms with Crippen LogP contribution in [0.25, 0.3) is 0 Å². The van der Waals surface area contributed by atoms with E-state index in [1.54, 1.807) is 12.1 Å². The molecule has 5 nitrogen and oxygen atoms in total. The number of hydrogen-bond acceptors (Lipinski definition) is 4. The molecule has 1 heterocycles. The summed E-state index contributed by atoms with van der Waals surface area (Å²) in [5.41, 5.74) is 1.71. The maximum Gasteiger partial charge on any atom is 0.211 e. The number of nitro groups is 1. The second-order valence-electron chi connectivity index (χ2n) is 5.89. The van der Waals surface area contributed by atoms with E-state index in [2.05, 4.69) is 15.9 Å². The first kappa shape index (κ1) is 18.1. The Morgan fingerprint density at radius 1 is 1.04 bits per heavy atom. The van der Waals surface area contributed by atoms with Gasteiger partial charge in [-0.25, -0.2) is 0 Å². The number of nitrogens with zero attached hydrogens (tertiary/aromatic N) is 1. The molecule has 0 unspecified atom stereocenters. The molecule has 0 saturated heterocycles. The molecule has 0 spiro atoms. The second kappa shape index (κ2) is 8.10. The molecule has 0 saturated carbocycles. The third-order valence-corrected chi connectivity index (χ3v) is 5.01. The van der Waals surface area contributed by atoms with Gasteiger partial charge in [0.05, 0.1) is 11.8 Å². The van der Waals surface area contributed by atoms with E-state index in [9.17, 15) is 14.9 Å². The molecule has 132 valence electrons. The zero-order chi connectivity index (χ0) is 18.5. The van der Waals surface area contributed by atoms with Crippen molar-refractivity contribution >= 4 is 22.2 Å². The molecule has 2 aromatic carbocycles. The summed E-state index contributed by atoms with van der Waals surface area (Å²) < 4.78 is 6.51. The van der Waals surface area contributed by atoms with Crippen LogP contribution in [-0.4, -0.2) is 17.8 Å². The Kier molecular flexibility index (Phi) is 5.63. The van der Waals surface area contributed by atoms with Gasteiger partial charge in [-0.2, -0.15) is 0 Å². The van der Waals surface area contributed by atoms with Gasteiger partial charge in [-0.15, -0.1) is 0 Å². The van der Waals surface area contributed by atoms with Gasteiger partial charge < -0.3 is 4.42 Å². The molecule has 0 bridgehead atoms. The molecule has 1 aromatic heterocycles. The number of aldehydes is 1. The van der Waals surface area contributed by atoms with Crippen LogP contribution >= 0.6 is 15.9 Å². The van der Waals surface area contributed by atoms with Gasteiger partial charge in [0.25, 0.3) is 0 Å². The fourth-order valence-corrected chi connectivity index (χ4v) is 3.69. The Morgan fingerprint density at radius 2 is 1.73 bits per heavy atom. The SMILES string of the molecule is O=Cc1ccc([C@H](c2ccccc2Br)[C@@H](C[N+](=O)[O-])c2ccccc2)o1. The summed E-state index contributed by atoms with van der Waals surface area (Å²) >= 11 is 3.54. The minimum absolute atomic E-state index is 0.199. The highest BCUT2D eigenvalue weighted by Crippen LogP contribution is 2.42. The van der Waals surface area contributed by atoms with Crippen LogP contribution < -0.4 is 0 Å². The van der Waals surface area contributed by atoms with E-state index in [-0.39, 0.29) is 17.2 Å². The summed E-state index contributed by atoms with van der Waals surface area (Å²) in [5, 5.41) is 11.4. The van der Waals surface area contributed by atoms with Crippen LogP contribution in [-0.2, 0) is 0 Å². The highest BCUT2D eigenvalue weighted by molar-refractivity contribution is 9.10. The number of furan rings is 1. The third-order valence-electron chi connectivity index (χ3n) is 4.29. The highest BCUT2D eigenvalue weighted by Gasteiger charge is 2.34. The lowest BCUT2D eigenvalue weighted by Gasteiger charge is -2.24. The lowest BCUT2D eigenvalue weighted by atomic mass is 9.80. The molecule has 0 aliphatic rings. The number of hydrogen-bond donors (Lipinski definition) is 0. The van der Waals surface area contributed by atoms with E-state index in [0.29, 0.717) is 12.0 Å². The molecule has 0 radical (unpaired) electrons. The van der Waals surface area contributed by atoms with Crippen LogP contribution in [0.15, 0.2) is 75.6 Å². The van der Waals surface area contributed by atoms with Gasteiger partial charge in [-0.1, -0.05) is 64.5 Å². The quantitative estimate of drug-likeness (QED) is 0.308. The van der Waals surface area contributed by atoms with Crippen molar-refractivity contribution in [1.29, 1.82) is 0 Å². The van der Waals surface area contributed by atoms with Gasteiger partial charge in [-0.05, 0) is 29.3 Å². The standard InChI is InChI=1S/C20H16BrNO4/c21-18-9-5-4-8-16(18)20(19-11-10-15(13-23)26-19)17(12-22(24)25)14-6-2-1-3-7-14/h1-11,13,17,20H,12H2/t17-,20+/m0/s1. The van der Waals surface area contributed by atoms with Crippen molar-refractivity contribution in [2.24, 2.45) is 0 Å². The van der Waals surface area contributed by atoms with Gasteiger partial charge in [0.1, 0.15) is 5.76 Å². The summed E-state index contributed by atoms with van der Waals surface area (Å²) in [6.07, 6.45) is 0.631. The molecule has 3 rings (SSSR count). The molecule has 0 fully saturated rings. The first-order valence-corrected chi connectivity index (χ1v) is 8.85. The van der Waals surface area contributed by atoms with E-state index in [1.807, 2.05) is 54.6 Å².